The predicted molar refractivity (Wildman–Crippen MR) is 72.6 cm³/mol. The van der Waals surface area contributed by atoms with E-state index in [1.54, 1.807) is 20.3 Å². The summed E-state index contributed by atoms with van der Waals surface area (Å²) in [6, 6.07) is 3.46. The Balaban J connectivity index is 2.71. The molecule has 96 valence electrons. The monoisotopic (exact) mass is 302 g/mol. The van der Waals surface area contributed by atoms with Crippen molar-refractivity contribution in [2.75, 3.05) is 19.5 Å². The maximum atomic E-state index is 9.85. The summed E-state index contributed by atoms with van der Waals surface area (Å²) in [6.07, 6.45) is 4.24. The van der Waals surface area contributed by atoms with Crippen molar-refractivity contribution in [2.24, 2.45) is 0 Å². The van der Waals surface area contributed by atoms with Crippen LogP contribution in [0.3, 0.4) is 0 Å². The molecule has 1 aromatic rings. The molecule has 0 fully saturated rings. The molecule has 0 atom stereocenters. The van der Waals surface area contributed by atoms with Crippen LogP contribution in [-0.2, 0) is 6.42 Å². The van der Waals surface area contributed by atoms with Gasteiger partial charge in [0.05, 0.1) is 14.2 Å². The van der Waals surface area contributed by atoms with E-state index in [0.29, 0.717) is 11.5 Å². The van der Waals surface area contributed by atoms with Crippen LogP contribution in [0.5, 0.6) is 17.2 Å². The Morgan fingerprint density at radius 3 is 2.29 bits per heavy atom. The van der Waals surface area contributed by atoms with E-state index in [-0.39, 0.29) is 5.75 Å². The molecule has 0 unspecified atom stereocenters. The Hall–Kier alpha value is -0.900. The summed E-state index contributed by atoms with van der Waals surface area (Å²) in [7, 11) is 3.16. The summed E-state index contributed by atoms with van der Waals surface area (Å²) in [4.78, 5) is 0. The lowest BCUT2D eigenvalue weighted by Crippen LogP contribution is -1.94. The highest BCUT2D eigenvalue weighted by Crippen LogP contribution is 2.34. The van der Waals surface area contributed by atoms with Gasteiger partial charge in [-0.25, -0.2) is 0 Å². The Bertz CT molecular complexity index is 353. The molecule has 1 rings (SSSR count). The van der Waals surface area contributed by atoms with Crippen LogP contribution in [0.15, 0.2) is 12.1 Å². The van der Waals surface area contributed by atoms with E-state index < -0.39 is 0 Å². The average Bonchev–Trinajstić information content (AvgIpc) is 2.35. The molecule has 0 amide bonds. The lowest BCUT2D eigenvalue weighted by Gasteiger charge is -2.11. The number of hydrogen-bond acceptors (Lipinski definition) is 3. The molecule has 0 bridgehead atoms. The summed E-state index contributed by atoms with van der Waals surface area (Å²) >= 11 is 3.41. The molecule has 17 heavy (non-hydrogen) atoms. The largest absolute Gasteiger partial charge is 0.508 e. The van der Waals surface area contributed by atoms with Gasteiger partial charge in [-0.15, -0.1) is 0 Å². The van der Waals surface area contributed by atoms with Crippen molar-refractivity contribution in [1.29, 1.82) is 0 Å². The Morgan fingerprint density at radius 1 is 1.06 bits per heavy atom. The molecule has 0 spiro atoms. The van der Waals surface area contributed by atoms with Gasteiger partial charge in [0.2, 0.25) is 0 Å². The van der Waals surface area contributed by atoms with Crippen LogP contribution in [0.2, 0.25) is 0 Å². The van der Waals surface area contributed by atoms with E-state index >= 15 is 0 Å². The fraction of sp³-hybridized carbons (Fsp3) is 0.538. The fourth-order valence-corrected chi connectivity index (χ4v) is 2.09. The average molecular weight is 303 g/mol. The number of methoxy groups -OCH3 is 2. The second-order valence-electron chi connectivity index (χ2n) is 3.84. The molecule has 4 heteroatoms. The topological polar surface area (TPSA) is 38.7 Å². The highest BCUT2D eigenvalue weighted by Gasteiger charge is 2.09. The summed E-state index contributed by atoms with van der Waals surface area (Å²) < 4.78 is 10.3. The molecule has 0 aliphatic rings. The van der Waals surface area contributed by atoms with Crippen LogP contribution < -0.4 is 9.47 Å². The van der Waals surface area contributed by atoms with Gasteiger partial charge in [-0.2, -0.15) is 0 Å². The minimum absolute atomic E-state index is 0.279. The van der Waals surface area contributed by atoms with E-state index in [0.717, 1.165) is 36.6 Å². The number of benzene rings is 1. The van der Waals surface area contributed by atoms with E-state index in [9.17, 15) is 5.11 Å². The molecule has 0 aliphatic heterocycles. The van der Waals surface area contributed by atoms with E-state index in [1.165, 1.54) is 0 Å². The zero-order chi connectivity index (χ0) is 12.7. The molecule has 0 saturated carbocycles. The standard InChI is InChI=1S/C13H19BrO3/c1-16-12-8-10(6-4-3-5-7-14)11(15)9-13(12)17-2/h8-9,15H,3-7H2,1-2H3. The predicted octanol–water partition coefficient (Wildman–Crippen LogP) is 3.52. The molecule has 3 nitrogen and oxygen atoms in total. The zero-order valence-corrected chi connectivity index (χ0v) is 11.9. The van der Waals surface area contributed by atoms with Crippen LogP contribution >= 0.6 is 15.9 Å². The van der Waals surface area contributed by atoms with Crippen LogP contribution in [0.25, 0.3) is 0 Å². The number of unbranched alkanes of at least 4 members (excludes halogenated alkanes) is 2. The highest BCUT2D eigenvalue weighted by molar-refractivity contribution is 9.09. The third-order valence-corrected chi connectivity index (χ3v) is 3.23. The zero-order valence-electron chi connectivity index (χ0n) is 10.3. The number of phenolic OH excluding ortho intramolecular Hbond substituents is 1. The Morgan fingerprint density at radius 2 is 1.71 bits per heavy atom. The minimum Gasteiger partial charge on any atom is -0.508 e. The second kappa shape index (κ2) is 7.43. The third kappa shape index (κ3) is 4.11. The van der Waals surface area contributed by atoms with Gasteiger partial charge in [-0.3, -0.25) is 0 Å². The van der Waals surface area contributed by atoms with Gasteiger partial charge in [0.25, 0.3) is 0 Å². The summed E-state index contributed by atoms with van der Waals surface area (Å²) in [5.74, 6) is 1.51. The van der Waals surface area contributed by atoms with E-state index in [2.05, 4.69) is 15.9 Å². The molecular weight excluding hydrogens is 284 g/mol. The molecule has 1 N–H and O–H groups in total. The lowest BCUT2D eigenvalue weighted by molar-refractivity contribution is 0.350. The third-order valence-electron chi connectivity index (χ3n) is 2.66. The van der Waals surface area contributed by atoms with Crippen LogP contribution in [0, 0.1) is 0 Å². The summed E-state index contributed by atoms with van der Waals surface area (Å²) in [5.41, 5.74) is 0.914. The van der Waals surface area contributed by atoms with Crippen molar-refractivity contribution < 1.29 is 14.6 Å². The van der Waals surface area contributed by atoms with E-state index in [4.69, 9.17) is 9.47 Å². The fourth-order valence-electron chi connectivity index (χ4n) is 1.70. The lowest BCUT2D eigenvalue weighted by atomic mass is 10.1. The maximum Gasteiger partial charge on any atom is 0.164 e. The maximum absolute atomic E-state index is 9.85. The van der Waals surface area contributed by atoms with Crippen molar-refractivity contribution >= 4 is 15.9 Å². The SMILES string of the molecule is COc1cc(O)c(CCCCCBr)cc1OC. The van der Waals surface area contributed by atoms with Crippen LogP contribution in [0.4, 0.5) is 0 Å². The first-order valence-corrected chi connectivity index (χ1v) is 6.85. The molecule has 0 saturated heterocycles. The van der Waals surface area contributed by atoms with Crippen molar-refractivity contribution in [3.8, 4) is 17.2 Å². The second-order valence-corrected chi connectivity index (χ2v) is 4.63. The number of halogens is 1. The Labute approximate surface area is 111 Å². The van der Waals surface area contributed by atoms with Gasteiger partial charge < -0.3 is 14.6 Å². The molecule has 0 aliphatic carbocycles. The number of aryl methyl sites for hydroxylation is 1. The first-order valence-electron chi connectivity index (χ1n) is 5.72. The molecule has 1 aromatic carbocycles. The minimum atomic E-state index is 0.279. The van der Waals surface area contributed by atoms with Crippen LogP contribution in [-0.4, -0.2) is 24.7 Å². The number of hydrogen-bond donors (Lipinski definition) is 1. The molecule has 0 radical (unpaired) electrons. The number of aromatic hydroxyl groups is 1. The Kier molecular flexibility index (Phi) is 6.19. The first-order chi connectivity index (χ1) is 8.22. The van der Waals surface area contributed by atoms with Gasteiger partial charge in [-0.1, -0.05) is 22.4 Å². The quantitative estimate of drug-likeness (QED) is 0.619. The van der Waals surface area contributed by atoms with Gasteiger partial charge in [0.1, 0.15) is 5.75 Å². The molecule has 0 heterocycles. The first kappa shape index (κ1) is 14.2. The van der Waals surface area contributed by atoms with Crippen molar-refractivity contribution in [1.82, 2.24) is 0 Å². The number of phenols is 1. The van der Waals surface area contributed by atoms with Crippen molar-refractivity contribution in [2.45, 2.75) is 25.7 Å². The van der Waals surface area contributed by atoms with Crippen molar-refractivity contribution in [3.63, 3.8) is 0 Å². The highest BCUT2D eigenvalue weighted by atomic mass is 79.9. The van der Waals surface area contributed by atoms with Gasteiger partial charge in [-0.05, 0) is 30.9 Å². The summed E-state index contributed by atoms with van der Waals surface area (Å²) in [5, 5.41) is 10.9. The van der Waals surface area contributed by atoms with Crippen molar-refractivity contribution in [3.05, 3.63) is 17.7 Å². The van der Waals surface area contributed by atoms with Crippen LogP contribution in [0.1, 0.15) is 24.8 Å². The molecule has 0 aromatic heterocycles. The van der Waals surface area contributed by atoms with E-state index in [1.807, 2.05) is 6.07 Å². The van der Waals surface area contributed by atoms with Gasteiger partial charge in [0.15, 0.2) is 11.5 Å². The summed E-state index contributed by atoms with van der Waals surface area (Å²) in [6.45, 7) is 0. The normalized spacial score (nSPS) is 10.3. The number of ether oxygens (including phenoxy) is 2. The molecular formula is C13H19BrO3. The van der Waals surface area contributed by atoms with Gasteiger partial charge in [0, 0.05) is 11.4 Å². The van der Waals surface area contributed by atoms with Gasteiger partial charge >= 0.3 is 0 Å². The smallest absolute Gasteiger partial charge is 0.164 e. The number of alkyl halides is 1. The number of rotatable bonds is 7.